The first-order valence-electron chi connectivity index (χ1n) is 10.5. The van der Waals surface area contributed by atoms with Gasteiger partial charge in [-0.05, 0) is 48.4 Å². The van der Waals surface area contributed by atoms with Crippen molar-refractivity contribution in [2.45, 2.75) is 20.0 Å². The van der Waals surface area contributed by atoms with Gasteiger partial charge in [-0.15, -0.1) is 0 Å². The number of rotatable bonds is 11. The lowest BCUT2D eigenvalue weighted by Gasteiger charge is -2.12. The number of non-ortho nitro benzene ring substituents is 1. The van der Waals surface area contributed by atoms with Gasteiger partial charge in [0.05, 0.1) is 29.1 Å². The van der Waals surface area contributed by atoms with E-state index in [-0.39, 0.29) is 24.4 Å². The molecular weight excluding hydrogens is 456 g/mol. The van der Waals surface area contributed by atoms with Crippen LogP contribution in [0.4, 0.5) is 11.4 Å². The Morgan fingerprint density at radius 1 is 0.971 bits per heavy atom. The molecule has 0 fully saturated rings. The van der Waals surface area contributed by atoms with Gasteiger partial charge in [0.1, 0.15) is 6.61 Å². The van der Waals surface area contributed by atoms with Gasteiger partial charge in [0, 0.05) is 23.8 Å². The topological polar surface area (TPSA) is 146 Å². The van der Waals surface area contributed by atoms with E-state index in [4.69, 9.17) is 9.47 Å². The predicted octanol–water partition coefficient (Wildman–Crippen LogP) is 4.17. The molecule has 1 amide bonds. The number of nitrogens with one attached hydrogen (secondary N) is 1. The zero-order chi connectivity index (χ0) is 25.2. The lowest BCUT2D eigenvalue weighted by molar-refractivity contribution is -0.385. The molecule has 1 N–H and O–H groups in total. The van der Waals surface area contributed by atoms with E-state index in [9.17, 15) is 25.0 Å². The Kier molecular flexibility index (Phi) is 8.43. The summed E-state index contributed by atoms with van der Waals surface area (Å²) in [6.45, 7) is 2.40. The van der Waals surface area contributed by atoms with E-state index >= 15 is 0 Å². The Labute approximate surface area is 200 Å². The Balaban J connectivity index is 1.62. The number of hydrogen-bond acceptors (Lipinski definition) is 8. The number of nitro benzene ring substituents is 2. The van der Waals surface area contributed by atoms with Crippen LogP contribution < -0.4 is 14.9 Å². The Hall–Kier alpha value is -4.80. The molecule has 180 valence electrons. The van der Waals surface area contributed by atoms with Gasteiger partial charge in [-0.25, -0.2) is 5.43 Å². The van der Waals surface area contributed by atoms with Gasteiger partial charge in [0.25, 0.3) is 11.4 Å². The number of nitro groups is 2. The van der Waals surface area contributed by atoms with Crippen LogP contribution in [0.3, 0.4) is 0 Å². The van der Waals surface area contributed by atoms with Gasteiger partial charge in [0.2, 0.25) is 5.91 Å². The fourth-order valence-electron chi connectivity index (χ4n) is 3.10. The molecule has 11 heteroatoms. The van der Waals surface area contributed by atoms with Gasteiger partial charge in [-0.2, -0.15) is 5.10 Å². The van der Waals surface area contributed by atoms with Crippen LogP contribution in [0.5, 0.6) is 11.5 Å². The Morgan fingerprint density at radius 3 is 2.40 bits per heavy atom. The minimum atomic E-state index is -0.535. The summed E-state index contributed by atoms with van der Waals surface area (Å²) in [6.07, 6.45) is 1.23. The number of benzene rings is 3. The molecule has 3 aromatic carbocycles. The van der Waals surface area contributed by atoms with Crippen molar-refractivity contribution in [2.75, 3.05) is 6.61 Å². The highest BCUT2D eigenvalue weighted by Crippen LogP contribution is 2.29. The SMILES string of the molecule is CCOc1cc(C=NNC(=O)Cc2ccccc2[N+](=O)[O-])ccc1OCc1ccc([N+](=O)[O-])cc1. The third-order valence-electron chi connectivity index (χ3n) is 4.75. The molecule has 3 rings (SSSR count). The summed E-state index contributed by atoms with van der Waals surface area (Å²) in [6, 6.07) is 17.2. The van der Waals surface area contributed by atoms with Gasteiger partial charge in [-0.3, -0.25) is 25.0 Å². The average molecular weight is 478 g/mol. The third kappa shape index (κ3) is 7.09. The van der Waals surface area contributed by atoms with Crippen molar-refractivity contribution >= 4 is 23.5 Å². The summed E-state index contributed by atoms with van der Waals surface area (Å²) in [4.78, 5) is 33.0. The van der Waals surface area contributed by atoms with Crippen LogP contribution >= 0.6 is 0 Å². The minimum Gasteiger partial charge on any atom is -0.490 e. The third-order valence-corrected chi connectivity index (χ3v) is 4.75. The van der Waals surface area contributed by atoms with Crippen molar-refractivity contribution in [1.82, 2.24) is 5.43 Å². The largest absolute Gasteiger partial charge is 0.490 e. The van der Waals surface area contributed by atoms with Crippen LogP contribution in [-0.4, -0.2) is 28.6 Å². The molecule has 0 saturated carbocycles. The molecule has 0 radical (unpaired) electrons. The average Bonchev–Trinajstić information content (AvgIpc) is 2.84. The highest BCUT2D eigenvalue weighted by molar-refractivity contribution is 5.84. The number of ether oxygens (including phenoxy) is 2. The summed E-state index contributed by atoms with van der Waals surface area (Å²) in [5, 5.41) is 25.8. The number of hydrazone groups is 1. The lowest BCUT2D eigenvalue weighted by atomic mass is 10.1. The minimum absolute atomic E-state index is 0.00137. The first-order chi connectivity index (χ1) is 16.9. The summed E-state index contributed by atoms with van der Waals surface area (Å²) in [5.74, 6) is 0.441. The second-order valence-electron chi connectivity index (χ2n) is 7.21. The summed E-state index contributed by atoms with van der Waals surface area (Å²) < 4.78 is 11.4. The van der Waals surface area contributed by atoms with Gasteiger partial charge >= 0.3 is 0 Å². The quantitative estimate of drug-likeness (QED) is 0.247. The van der Waals surface area contributed by atoms with Crippen LogP contribution in [-0.2, 0) is 17.8 Å². The van der Waals surface area contributed by atoms with Crippen molar-refractivity contribution in [3.8, 4) is 11.5 Å². The van der Waals surface area contributed by atoms with E-state index in [1.165, 1.54) is 36.5 Å². The molecular formula is C24H22N4O7. The Morgan fingerprint density at radius 2 is 1.71 bits per heavy atom. The molecule has 0 atom stereocenters. The zero-order valence-electron chi connectivity index (χ0n) is 18.7. The number of hydrogen-bond donors (Lipinski definition) is 1. The Bertz CT molecular complexity index is 1240. The fraction of sp³-hybridized carbons (Fsp3) is 0.167. The zero-order valence-corrected chi connectivity index (χ0v) is 18.7. The van der Waals surface area contributed by atoms with E-state index in [2.05, 4.69) is 10.5 Å². The fourth-order valence-corrected chi connectivity index (χ4v) is 3.10. The van der Waals surface area contributed by atoms with Crippen molar-refractivity contribution < 1.29 is 24.1 Å². The monoisotopic (exact) mass is 478 g/mol. The van der Waals surface area contributed by atoms with E-state index < -0.39 is 15.8 Å². The molecule has 0 aliphatic carbocycles. The summed E-state index contributed by atoms with van der Waals surface area (Å²) >= 11 is 0. The van der Waals surface area contributed by atoms with Crippen molar-refractivity contribution in [3.63, 3.8) is 0 Å². The van der Waals surface area contributed by atoms with E-state index in [1.807, 2.05) is 6.92 Å². The van der Waals surface area contributed by atoms with Crippen LogP contribution in [0.15, 0.2) is 71.8 Å². The van der Waals surface area contributed by atoms with Crippen LogP contribution in [0.2, 0.25) is 0 Å². The number of amides is 1. The number of carbonyl (C=O) groups is 1. The maximum Gasteiger partial charge on any atom is 0.273 e. The van der Waals surface area contributed by atoms with Gasteiger partial charge in [0.15, 0.2) is 11.5 Å². The van der Waals surface area contributed by atoms with Crippen molar-refractivity contribution in [3.05, 3.63) is 104 Å². The van der Waals surface area contributed by atoms with Gasteiger partial charge < -0.3 is 9.47 Å². The normalized spacial score (nSPS) is 10.7. The van der Waals surface area contributed by atoms with Crippen LogP contribution in [0.25, 0.3) is 0 Å². The first-order valence-corrected chi connectivity index (χ1v) is 10.5. The molecule has 0 spiro atoms. The molecule has 11 nitrogen and oxygen atoms in total. The highest BCUT2D eigenvalue weighted by Gasteiger charge is 2.15. The lowest BCUT2D eigenvalue weighted by Crippen LogP contribution is -2.20. The summed E-state index contributed by atoms with van der Waals surface area (Å²) in [5.41, 5.74) is 3.90. The molecule has 0 unspecified atom stereocenters. The molecule has 0 bridgehead atoms. The smallest absolute Gasteiger partial charge is 0.273 e. The molecule has 35 heavy (non-hydrogen) atoms. The highest BCUT2D eigenvalue weighted by atomic mass is 16.6. The number of nitrogens with zero attached hydrogens (tertiary/aromatic N) is 3. The van der Waals surface area contributed by atoms with E-state index in [1.54, 1.807) is 36.4 Å². The predicted molar refractivity (Wildman–Crippen MR) is 128 cm³/mol. The number of carbonyl (C=O) groups excluding carboxylic acids is 1. The molecule has 0 aliphatic heterocycles. The molecule has 0 saturated heterocycles. The molecule has 0 aromatic heterocycles. The molecule has 3 aromatic rings. The second kappa shape index (κ2) is 11.9. The van der Waals surface area contributed by atoms with Crippen molar-refractivity contribution in [2.24, 2.45) is 5.10 Å². The maximum atomic E-state index is 12.1. The number of para-hydroxylation sites is 1. The summed E-state index contributed by atoms with van der Waals surface area (Å²) in [7, 11) is 0. The van der Waals surface area contributed by atoms with Gasteiger partial charge in [-0.1, -0.05) is 18.2 Å². The molecule has 0 aliphatic rings. The first kappa shape index (κ1) is 24.8. The molecule has 0 heterocycles. The van der Waals surface area contributed by atoms with Crippen LogP contribution in [0, 0.1) is 20.2 Å². The standard InChI is InChI=1S/C24H22N4O7/c1-2-34-23-13-18(9-12-22(23)35-16-17-7-10-20(11-8-17)27(30)31)15-25-26-24(29)14-19-5-3-4-6-21(19)28(32)33/h3-13,15H,2,14,16H2,1H3,(H,26,29). The van der Waals surface area contributed by atoms with Crippen LogP contribution in [0.1, 0.15) is 23.6 Å². The van der Waals surface area contributed by atoms with E-state index in [0.717, 1.165) is 5.56 Å². The maximum absolute atomic E-state index is 12.1. The van der Waals surface area contributed by atoms with E-state index in [0.29, 0.717) is 29.2 Å². The van der Waals surface area contributed by atoms with Crippen molar-refractivity contribution in [1.29, 1.82) is 0 Å². The second-order valence-corrected chi connectivity index (χ2v) is 7.21.